The van der Waals surface area contributed by atoms with Gasteiger partial charge in [-0.1, -0.05) is 0 Å². The van der Waals surface area contributed by atoms with Crippen LogP contribution in [0.25, 0.3) is 0 Å². The first kappa shape index (κ1) is 31.0. The Bertz CT molecular complexity index is 6.00. The third kappa shape index (κ3) is 8.82. The topological polar surface area (TPSA) is 0 Å². The van der Waals surface area contributed by atoms with Crippen LogP contribution in [0.4, 0.5) is 0 Å². The minimum absolute atomic E-state index is 0. The van der Waals surface area contributed by atoms with Crippen LogP contribution >= 0.6 is 0 Å². The molecule has 0 aliphatic rings. The van der Waals surface area contributed by atoms with Crippen LogP contribution in [0.2, 0.25) is 0 Å². The summed E-state index contributed by atoms with van der Waals surface area (Å²) in [6.45, 7) is 0. The van der Waals surface area contributed by atoms with Gasteiger partial charge in [0, 0.05) is 39.0 Å². The van der Waals surface area contributed by atoms with Gasteiger partial charge < -0.3 is 0 Å². The van der Waals surface area contributed by atoms with Gasteiger partial charge in [0.2, 0.25) is 0 Å². The van der Waals surface area contributed by atoms with Gasteiger partial charge in [0.1, 0.15) is 0 Å². The van der Waals surface area contributed by atoms with E-state index in [2.05, 4.69) is 0 Å². The van der Waals surface area contributed by atoms with Gasteiger partial charge in [0.25, 0.3) is 0 Å². The Balaban J connectivity index is 0. The number of hydrogen-bond acceptors (Lipinski definition) is 0. The van der Waals surface area contributed by atoms with Gasteiger partial charge in [0.05, 0.1) is 0 Å². The Morgan fingerprint density at radius 2 is 0.750 bits per heavy atom. The molecule has 0 saturated carbocycles. The molecule has 0 aromatic heterocycles. The van der Waals surface area contributed by atoms with Crippen molar-refractivity contribution in [1.82, 2.24) is 0 Å². The van der Waals surface area contributed by atoms with E-state index in [1.807, 2.05) is 0 Å². The zero-order chi connectivity index (χ0) is 0. The van der Waals surface area contributed by atoms with E-state index in [4.69, 9.17) is 0 Å². The van der Waals surface area contributed by atoms with Crippen LogP contribution in [0.5, 0.6) is 0 Å². The van der Waals surface area contributed by atoms with Crippen LogP contribution in [0, 0.1) is 0 Å². The molecule has 0 atom stereocenters. The maximum atomic E-state index is 0. The van der Waals surface area contributed by atoms with Gasteiger partial charge in [-0.25, -0.2) is 0 Å². The average molecular weight is 339 g/mol. The van der Waals surface area contributed by atoms with Crippen molar-refractivity contribution in [3.63, 3.8) is 0 Å². The first-order valence-electron chi connectivity index (χ1n) is 0. The summed E-state index contributed by atoms with van der Waals surface area (Å²) < 4.78 is 0. The third-order valence-corrected chi connectivity index (χ3v) is 0. The molecule has 0 heterocycles. The molecule has 0 saturated heterocycles. The van der Waals surface area contributed by atoms with Crippen molar-refractivity contribution in [3.05, 3.63) is 0 Å². The summed E-state index contributed by atoms with van der Waals surface area (Å²) in [6, 6.07) is 0. The molecule has 0 unspecified atom stereocenters. The summed E-state index contributed by atoms with van der Waals surface area (Å²) in [5.41, 5.74) is 0. The van der Waals surface area contributed by atoms with Crippen LogP contribution in [-0.2, 0) is 39.0 Å². The summed E-state index contributed by atoms with van der Waals surface area (Å²) in [5.74, 6) is 0. The van der Waals surface area contributed by atoms with Crippen LogP contribution in [0.3, 0.4) is 0 Å². The van der Waals surface area contributed by atoms with E-state index in [-0.39, 0.29) is 79.7 Å². The second kappa shape index (κ2) is 17.7. The van der Waals surface area contributed by atoms with Crippen molar-refractivity contribution in [3.8, 4) is 0 Å². The Morgan fingerprint density at radius 3 is 0.750 bits per heavy atom. The predicted molar refractivity (Wildman–Crippen MR) is 14.3 cm³/mol. The summed E-state index contributed by atoms with van der Waals surface area (Å²) in [4.78, 5) is 0. The molecule has 0 N–H and O–H groups in total. The van der Waals surface area contributed by atoms with E-state index in [0.29, 0.717) is 0 Å². The van der Waals surface area contributed by atoms with E-state index in [1.165, 1.54) is 0 Å². The van der Waals surface area contributed by atoms with Crippen molar-refractivity contribution in [1.29, 1.82) is 0 Å². The summed E-state index contributed by atoms with van der Waals surface area (Å²) in [5, 5.41) is 0. The standard InChI is InChI=1S/HSe.HTe.2Zn/h2*1H;;. The Hall–Kier alpha value is 2.56. The summed E-state index contributed by atoms with van der Waals surface area (Å²) in [6.07, 6.45) is 0. The van der Waals surface area contributed by atoms with Crippen molar-refractivity contribution in [2.24, 2.45) is 0 Å². The van der Waals surface area contributed by atoms with Gasteiger partial charge >= 0.3 is 40.7 Å². The quantitative estimate of drug-likeness (QED) is 0.481. The van der Waals surface area contributed by atoms with Crippen molar-refractivity contribution in [2.75, 3.05) is 0 Å². The van der Waals surface area contributed by atoms with Gasteiger partial charge in [-0.2, -0.15) is 0 Å². The average Bonchev–Trinajstić information content (AvgIpc) is 0. The molecular weight excluding hydrogens is 337 g/mol. The molecule has 2 radical (unpaired) electrons. The second-order valence-corrected chi connectivity index (χ2v) is 0. The normalized spacial score (nSPS) is 0. The minimum atomic E-state index is 0. The number of rotatable bonds is 0. The smallest absolute Gasteiger partial charge is 0 e. The van der Waals surface area contributed by atoms with Gasteiger partial charge in [0.15, 0.2) is 0 Å². The molecule has 0 amide bonds. The maximum absolute atomic E-state index is 0. The Kier molecular flexibility index (Phi) is 137. The molecule has 0 aromatic carbocycles. The largest absolute Gasteiger partial charge is 0 e. The minimum Gasteiger partial charge on any atom is 0 e. The van der Waals surface area contributed by atoms with E-state index >= 15 is 0 Å². The van der Waals surface area contributed by atoms with Crippen LogP contribution in [0.1, 0.15) is 0 Å². The molecule has 0 bridgehead atoms. The molecule has 4 heavy (non-hydrogen) atoms. The zero-order valence-electron chi connectivity index (χ0n) is 2.31. The zero-order valence-corrected chi connectivity index (χ0v) is 12.7. The van der Waals surface area contributed by atoms with Crippen molar-refractivity contribution < 1.29 is 39.0 Å². The molecule has 0 aliphatic heterocycles. The third-order valence-electron chi connectivity index (χ3n) is 0. The van der Waals surface area contributed by atoms with Crippen molar-refractivity contribution in [2.45, 2.75) is 0 Å². The van der Waals surface area contributed by atoms with Crippen LogP contribution in [0.15, 0.2) is 0 Å². The Labute approximate surface area is 78.6 Å². The molecule has 0 rings (SSSR count). The second-order valence-electron chi connectivity index (χ2n) is 0. The molecule has 0 fully saturated rings. The van der Waals surface area contributed by atoms with Crippen LogP contribution in [-0.4, -0.2) is 40.7 Å². The first-order valence-corrected chi connectivity index (χ1v) is 0. The van der Waals surface area contributed by atoms with Crippen molar-refractivity contribution >= 4 is 40.7 Å². The van der Waals surface area contributed by atoms with E-state index in [1.54, 1.807) is 0 Å². The van der Waals surface area contributed by atoms with Crippen LogP contribution < -0.4 is 0 Å². The fraction of sp³-hybridized carbons (Fsp3) is 0. The molecule has 0 spiro atoms. The first-order chi connectivity index (χ1) is 0. The fourth-order valence-corrected chi connectivity index (χ4v) is 0. The summed E-state index contributed by atoms with van der Waals surface area (Å²) in [7, 11) is 0. The molecule has 0 nitrogen and oxygen atoms in total. The fourth-order valence-electron chi connectivity index (χ4n) is 0. The van der Waals surface area contributed by atoms with E-state index < -0.39 is 0 Å². The molecule has 18 valence electrons. The Morgan fingerprint density at radius 1 is 0.750 bits per heavy atom. The monoisotopic (exact) mass is 340 g/mol. The van der Waals surface area contributed by atoms with E-state index in [9.17, 15) is 0 Å². The molecule has 0 aliphatic carbocycles. The SMILES string of the molecule is [SeH].[TeH].[Zn].[Zn]. The number of hydrogen-bond donors (Lipinski definition) is 0. The maximum Gasteiger partial charge on any atom is 0 e. The molecule has 4 heteroatoms. The predicted octanol–water partition coefficient (Wildman–Crippen LogP) is -1.30. The summed E-state index contributed by atoms with van der Waals surface area (Å²) >= 11 is 0. The molecular formula is H2SeTeZn2. The molecule has 0 aromatic rings. The van der Waals surface area contributed by atoms with Gasteiger partial charge in [-0.15, -0.1) is 0 Å². The van der Waals surface area contributed by atoms with Gasteiger partial charge in [-0.05, 0) is 0 Å². The van der Waals surface area contributed by atoms with Gasteiger partial charge in [-0.3, -0.25) is 0 Å². The van der Waals surface area contributed by atoms with E-state index in [0.717, 1.165) is 0 Å².